The lowest BCUT2D eigenvalue weighted by molar-refractivity contribution is 0.414. The molecule has 0 fully saturated rings. The first-order valence-electron chi connectivity index (χ1n) is 5.54. The van der Waals surface area contributed by atoms with E-state index in [2.05, 4.69) is 10.4 Å². The number of benzene rings is 1. The van der Waals surface area contributed by atoms with E-state index < -0.39 is 0 Å². The van der Waals surface area contributed by atoms with E-state index in [1.807, 2.05) is 6.92 Å². The van der Waals surface area contributed by atoms with E-state index in [0.717, 1.165) is 6.42 Å². The summed E-state index contributed by atoms with van der Waals surface area (Å²) >= 11 is 6.05. The molecule has 2 aromatic rings. The van der Waals surface area contributed by atoms with Gasteiger partial charge >= 0.3 is 5.69 Å². The second kappa shape index (κ2) is 5.22. The Balaban J connectivity index is 2.51. The van der Waals surface area contributed by atoms with Crippen molar-refractivity contribution in [3.05, 3.63) is 33.7 Å². The molecule has 0 spiro atoms. The Labute approximate surface area is 109 Å². The van der Waals surface area contributed by atoms with Crippen LogP contribution in [0.2, 0.25) is 5.02 Å². The van der Waals surface area contributed by atoms with Crippen LogP contribution in [0.3, 0.4) is 0 Å². The van der Waals surface area contributed by atoms with Gasteiger partial charge in [0, 0.05) is 12.6 Å². The van der Waals surface area contributed by atoms with Crippen molar-refractivity contribution < 1.29 is 4.74 Å². The topological polar surface area (TPSA) is 61.9 Å². The molecule has 18 heavy (non-hydrogen) atoms. The number of aryl methyl sites for hydroxylation is 1. The van der Waals surface area contributed by atoms with Crippen molar-refractivity contribution in [1.29, 1.82) is 0 Å². The van der Waals surface area contributed by atoms with Gasteiger partial charge in [-0.1, -0.05) is 18.5 Å². The Morgan fingerprint density at radius 3 is 2.83 bits per heavy atom. The first-order chi connectivity index (χ1) is 8.67. The molecule has 0 saturated carbocycles. The quantitative estimate of drug-likeness (QED) is 0.843. The van der Waals surface area contributed by atoms with Crippen LogP contribution in [-0.2, 0) is 6.54 Å². The molecule has 96 valence electrons. The fourth-order valence-corrected chi connectivity index (χ4v) is 1.76. The third kappa shape index (κ3) is 2.24. The van der Waals surface area contributed by atoms with Gasteiger partial charge in [0.25, 0.3) is 0 Å². The number of rotatable bonds is 4. The van der Waals surface area contributed by atoms with Gasteiger partial charge in [-0.05, 0) is 29.0 Å². The zero-order chi connectivity index (χ0) is 13.1. The number of tetrazole rings is 1. The van der Waals surface area contributed by atoms with Crippen LogP contribution < -0.4 is 10.4 Å². The van der Waals surface area contributed by atoms with Crippen LogP contribution in [-0.4, -0.2) is 26.9 Å². The highest BCUT2D eigenvalue weighted by molar-refractivity contribution is 6.32. The van der Waals surface area contributed by atoms with E-state index in [4.69, 9.17) is 16.3 Å². The van der Waals surface area contributed by atoms with Gasteiger partial charge in [0.15, 0.2) is 0 Å². The highest BCUT2D eigenvalue weighted by Crippen LogP contribution is 2.23. The monoisotopic (exact) mass is 268 g/mol. The first-order valence-corrected chi connectivity index (χ1v) is 5.92. The fraction of sp³-hybridized carbons (Fsp3) is 0.364. The minimum Gasteiger partial charge on any atom is -0.497 e. The molecule has 0 N–H and O–H groups in total. The van der Waals surface area contributed by atoms with Crippen LogP contribution in [0.4, 0.5) is 0 Å². The highest BCUT2D eigenvalue weighted by atomic mass is 35.5. The van der Waals surface area contributed by atoms with Crippen molar-refractivity contribution in [2.75, 3.05) is 7.11 Å². The van der Waals surface area contributed by atoms with Crippen LogP contribution in [0, 0.1) is 0 Å². The lowest BCUT2D eigenvalue weighted by Gasteiger charge is -2.04. The van der Waals surface area contributed by atoms with Gasteiger partial charge in [0.1, 0.15) is 5.75 Å². The Kier molecular flexibility index (Phi) is 3.66. The molecule has 0 amide bonds. The second-order valence-electron chi connectivity index (χ2n) is 3.71. The van der Waals surface area contributed by atoms with Crippen LogP contribution in [0.15, 0.2) is 23.0 Å². The summed E-state index contributed by atoms with van der Waals surface area (Å²) < 4.78 is 7.57. The maximum atomic E-state index is 12.0. The molecule has 1 aromatic heterocycles. The fourth-order valence-electron chi connectivity index (χ4n) is 1.56. The van der Waals surface area contributed by atoms with Gasteiger partial charge in [-0.2, -0.15) is 9.36 Å². The number of nitrogens with zero attached hydrogens (tertiary/aromatic N) is 4. The molecule has 0 radical (unpaired) electrons. The standard InChI is InChI=1S/C11H13ClN4O2/c1-3-6-15-11(17)16(14-13-15)10-7-8(18-2)4-5-9(10)12/h4-5,7H,3,6H2,1-2H3. The normalized spacial score (nSPS) is 10.6. The Hall–Kier alpha value is -1.82. The third-order valence-electron chi connectivity index (χ3n) is 2.46. The number of ether oxygens (including phenoxy) is 1. The Bertz CT molecular complexity index is 605. The van der Waals surface area contributed by atoms with Gasteiger partial charge in [-0.25, -0.2) is 4.79 Å². The molecular weight excluding hydrogens is 256 g/mol. The average molecular weight is 269 g/mol. The summed E-state index contributed by atoms with van der Waals surface area (Å²) in [5.41, 5.74) is 0.148. The van der Waals surface area contributed by atoms with Crippen LogP contribution in [0.25, 0.3) is 5.69 Å². The predicted octanol–water partition coefficient (Wildman–Crippen LogP) is 1.50. The smallest absolute Gasteiger partial charge is 0.368 e. The van der Waals surface area contributed by atoms with Crippen molar-refractivity contribution in [2.24, 2.45) is 0 Å². The molecule has 0 saturated heterocycles. The molecule has 0 aliphatic carbocycles. The highest BCUT2D eigenvalue weighted by Gasteiger charge is 2.12. The van der Waals surface area contributed by atoms with Crippen LogP contribution in [0.1, 0.15) is 13.3 Å². The molecule has 0 atom stereocenters. The van der Waals surface area contributed by atoms with Gasteiger partial charge in [0.05, 0.1) is 17.8 Å². The molecule has 1 heterocycles. The number of hydrogen-bond donors (Lipinski definition) is 0. The molecular formula is C11H13ClN4O2. The molecule has 2 rings (SSSR count). The lowest BCUT2D eigenvalue weighted by atomic mass is 10.3. The Morgan fingerprint density at radius 2 is 2.17 bits per heavy atom. The zero-order valence-corrected chi connectivity index (χ0v) is 10.9. The van der Waals surface area contributed by atoms with Gasteiger partial charge < -0.3 is 4.74 Å². The zero-order valence-electron chi connectivity index (χ0n) is 10.1. The number of halogens is 1. The van der Waals surface area contributed by atoms with E-state index in [1.165, 1.54) is 9.36 Å². The summed E-state index contributed by atoms with van der Waals surface area (Å²) in [5, 5.41) is 8.03. The van der Waals surface area contributed by atoms with E-state index in [9.17, 15) is 4.79 Å². The summed E-state index contributed by atoms with van der Waals surface area (Å²) in [7, 11) is 1.55. The van der Waals surface area contributed by atoms with Crippen LogP contribution in [0.5, 0.6) is 5.75 Å². The molecule has 0 aliphatic rings. The van der Waals surface area contributed by atoms with E-state index in [-0.39, 0.29) is 5.69 Å². The Morgan fingerprint density at radius 1 is 1.39 bits per heavy atom. The van der Waals surface area contributed by atoms with E-state index >= 15 is 0 Å². The van der Waals surface area contributed by atoms with Crippen molar-refractivity contribution in [2.45, 2.75) is 19.9 Å². The SMILES string of the molecule is CCCn1nnn(-c2cc(OC)ccc2Cl)c1=O. The van der Waals surface area contributed by atoms with E-state index in [0.29, 0.717) is 23.0 Å². The number of aromatic nitrogens is 4. The molecule has 0 unspecified atom stereocenters. The predicted molar refractivity (Wildman–Crippen MR) is 67.5 cm³/mol. The van der Waals surface area contributed by atoms with E-state index in [1.54, 1.807) is 25.3 Å². The molecule has 6 nitrogen and oxygen atoms in total. The summed E-state index contributed by atoms with van der Waals surface area (Å²) in [4.78, 5) is 12.0. The lowest BCUT2D eigenvalue weighted by Crippen LogP contribution is -2.24. The minimum atomic E-state index is -0.313. The van der Waals surface area contributed by atoms with Crippen LogP contribution >= 0.6 is 11.6 Å². The van der Waals surface area contributed by atoms with Gasteiger partial charge in [-0.15, -0.1) is 0 Å². The summed E-state index contributed by atoms with van der Waals surface area (Å²) in [5.74, 6) is 0.603. The number of methoxy groups -OCH3 is 1. The molecule has 0 bridgehead atoms. The first kappa shape index (κ1) is 12.6. The van der Waals surface area contributed by atoms with Gasteiger partial charge in [0.2, 0.25) is 0 Å². The summed E-state index contributed by atoms with van der Waals surface area (Å²) in [6, 6.07) is 5.02. The largest absolute Gasteiger partial charge is 0.497 e. The molecule has 1 aromatic carbocycles. The molecule has 0 aliphatic heterocycles. The third-order valence-corrected chi connectivity index (χ3v) is 2.78. The summed E-state index contributed by atoms with van der Waals surface area (Å²) in [6.07, 6.45) is 0.810. The number of hydrogen-bond acceptors (Lipinski definition) is 4. The van der Waals surface area contributed by atoms with Crippen molar-refractivity contribution in [3.8, 4) is 11.4 Å². The summed E-state index contributed by atoms with van der Waals surface area (Å²) in [6.45, 7) is 2.49. The average Bonchev–Trinajstić information content (AvgIpc) is 2.73. The maximum Gasteiger partial charge on any atom is 0.368 e. The van der Waals surface area contributed by atoms with Crippen molar-refractivity contribution in [1.82, 2.24) is 19.8 Å². The molecule has 7 heteroatoms. The minimum absolute atomic E-state index is 0.313. The van der Waals surface area contributed by atoms with Crippen molar-refractivity contribution in [3.63, 3.8) is 0 Å². The van der Waals surface area contributed by atoms with Crippen molar-refractivity contribution >= 4 is 11.6 Å². The second-order valence-corrected chi connectivity index (χ2v) is 4.12. The maximum absolute atomic E-state index is 12.0. The van der Waals surface area contributed by atoms with Gasteiger partial charge in [-0.3, -0.25) is 0 Å².